The van der Waals surface area contributed by atoms with E-state index in [9.17, 15) is 9.59 Å². The second kappa shape index (κ2) is 13.5. The molecule has 0 aliphatic heterocycles. The van der Waals surface area contributed by atoms with Gasteiger partial charge in [-0.3, -0.25) is 4.79 Å². The highest BCUT2D eigenvalue weighted by Gasteiger charge is 2.07. The van der Waals surface area contributed by atoms with Gasteiger partial charge in [0.15, 0.2) is 0 Å². The number of hydrogen-bond acceptors (Lipinski definition) is 3. The fourth-order valence-corrected chi connectivity index (χ4v) is 2.84. The van der Waals surface area contributed by atoms with Crippen LogP contribution in [0.4, 0.5) is 5.69 Å². The highest BCUT2D eigenvalue weighted by molar-refractivity contribution is 5.94. The molecule has 0 spiro atoms. The molecule has 25 heavy (non-hydrogen) atoms. The zero-order valence-corrected chi connectivity index (χ0v) is 15.8. The van der Waals surface area contributed by atoms with E-state index in [1.807, 2.05) is 0 Å². The van der Waals surface area contributed by atoms with Crippen molar-refractivity contribution in [1.29, 1.82) is 0 Å². The van der Waals surface area contributed by atoms with E-state index < -0.39 is 5.97 Å². The number of carbonyl (C=O) groups excluding carboxylic acids is 2. The summed E-state index contributed by atoms with van der Waals surface area (Å²) >= 11 is 0. The predicted octanol–water partition coefficient (Wildman–Crippen LogP) is 5.72. The number of hydrogen-bond donors (Lipinski definition) is 1. The number of ether oxygens (including phenoxy) is 1. The number of carbonyl (C=O) groups is 2. The number of anilines is 1. The Morgan fingerprint density at radius 2 is 1.52 bits per heavy atom. The number of unbranched alkanes of at least 4 members (excludes halogenated alkanes) is 9. The lowest BCUT2D eigenvalue weighted by atomic mass is 10.1. The molecule has 0 unspecified atom stereocenters. The van der Waals surface area contributed by atoms with Crippen LogP contribution in [-0.2, 0) is 9.53 Å². The molecule has 0 fully saturated rings. The number of amides is 1. The van der Waals surface area contributed by atoms with Crippen LogP contribution in [0.5, 0.6) is 0 Å². The first-order valence-electron chi connectivity index (χ1n) is 9.65. The maximum atomic E-state index is 12.0. The molecule has 0 saturated heterocycles. The van der Waals surface area contributed by atoms with Gasteiger partial charge in [-0.25, -0.2) is 4.79 Å². The van der Waals surface area contributed by atoms with E-state index in [1.54, 1.807) is 24.3 Å². The van der Waals surface area contributed by atoms with Gasteiger partial charge in [0.25, 0.3) is 0 Å². The first-order chi connectivity index (χ1) is 12.2. The van der Waals surface area contributed by atoms with Crippen LogP contribution in [0.15, 0.2) is 24.3 Å². The topological polar surface area (TPSA) is 55.4 Å². The molecule has 0 atom stereocenters. The van der Waals surface area contributed by atoms with Crippen LogP contribution in [0.25, 0.3) is 0 Å². The molecule has 4 nitrogen and oxygen atoms in total. The van der Waals surface area contributed by atoms with Crippen molar-refractivity contribution >= 4 is 17.6 Å². The predicted molar refractivity (Wildman–Crippen MR) is 103 cm³/mol. The number of methoxy groups -OCH3 is 1. The standard InChI is InChI=1S/C21H33NO3/c1-3-4-5-6-7-8-9-10-11-12-16-20(23)22-19-15-13-14-18(17-19)21(24)25-2/h13-15,17H,3-12,16H2,1-2H3,(H,22,23). The average molecular weight is 347 g/mol. The quantitative estimate of drug-likeness (QED) is 0.366. The Morgan fingerprint density at radius 1 is 0.920 bits per heavy atom. The SMILES string of the molecule is CCCCCCCCCCCCC(=O)Nc1cccc(C(=O)OC)c1. The van der Waals surface area contributed by atoms with Crippen molar-refractivity contribution in [3.05, 3.63) is 29.8 Å². The van der Waals surface area contributed by atoms with E-state index in [-0.39, 0.29) is 5.91 Å². The molecule has 0 heterocycles. The van der Waals surface area contributed by atoms with Crippen molar-refractivity contribution in [3.63, 3.8) is 0 Å². The Balaban J connectivity index is 2.10. The minimum atomic E-state index is -0.397. The zero-order valence-electron chi connectivity index (χ0n) is 15.8. The van der Waals surface area contributed by atoms with Gasteiger partial charge in [0.05, 0.1) is 12.7 Å². The second-order valence-corrected chi connectivity index (χ2v) is 6.55. The Labute approximate surface area is 152 Å². The lowest BCUT2D eigenvalue weighted by Crippen LogP contribution is -2.12. The molecule has 1 rings (SSSR count). The van der Waals surface area contributed by atoms with Crippen molar-refractivity contribution in [3.8, 4) is 0 Å². The highest BCUT2D eigenvalue weighted by Crippen LogP contribution is 2.14. The molecule has 0 aliphatic carbocycles. The molecule has 1 aromatic carbocycles. The van der Waals surface area contributed by atoms with Crippen molar-refractivity contribution in [2.24, 2.45) is 0 Å². The van der Waals surface area contributed by atoms with Gasteiger partial charge in [0.2, 0.25) is 5.91 Å². The minimum absolute atomic E-state index is 0.00146. The summed E-state index contributed by atoms with van der Waals surface area (Å²) in [6, 6.07) is 6.83. The third-order valence-electron chi connectivity index (χ3n) is 4.32. The summed E-state index contributed by atoms with van der Waals surface area (Å²) in [6.45, 7) is 2.24. The largest absolute Gasteiger partial charge is 0.465 e. The molecule has 1 amide bonds. The Bertz CT molecular complexity index is 514. The zero-order chi connectivity index (χ0) is 18.3. The number of nitrogens with one attached hydrogen (secondary N) is 1. The van der Waals surface area contributed by atoms with Crippen LogP contribution in [0.3, 0.4) is 0 Å². The summed E-state index contributed by atoms with van der Waals surface area (Å²) in [6.07, 6.45) is 13.1. The van der Waals surface area contributed by atoms with Crippen LogP contribution in [0.2, 0.25) is 0 Å². The van der Waals surface area contributed by atoms with E-state index in [2.05, 4.69) is 17.0 Å². The maximum absolute atomic E-state index is 12.0. The van der Waals surface area contributed by atoms with Crippen molar-refractivity contribution in [2.75, 3.05) is 12.4 Å². The molecule has 1 aromatic rings. The van der Waals surface area contributed by atoms with Crippen molar-refractivity contribution < 1.29 is 14.3 Å². The molecular weight excluding hydrogens is 314 g/mol. The highest BCUT2D eigenvalue weighted by atomic mass is 16.5. The lowest BCUT2D eigenvalue weighted by Gasteiger charge is -2.07. The van der Waals surface area contributed by atoms with Crippen molar-refractivity contribution in [1.82, 2.24) is 0 Å². The molecule has 1 N–H and O–H groups in total. The summed E-state index contributed by atoms with van der Waals surface area (Å²) in [7, 11) is 1.35. The number of rotatable bonds is 13. The third-order valence-corrected chi connectivity index (χ3v) is 4.32. The van der Waals surface area contributed by atoms with Gasteiger partial charge in [-0.1, -0.05) is 70.8 Å². The van der Waals surface area contributed by atoms with E-state index in [0.29, 0.717) is 17.7 Å². The summed E-state index contributed by atoms with van der Waals surface area (Å²) in [5.74, 6) is -0.396. The van der Waals surface area contributed by atoms with E-state index in [4.69, 9.17) is 0 Å². The summed E-state index contributed by atoms with van der Waals surface area (Å²) in [5, 5.41) is 2.85. The minimum Gasteiger partial charge on any atom is -0.465 e. The van der Waals surface area contributed by atoms with Gasteiger partial charge in [-0.15, -0.1) is 0 Å². The average Bonchev–Trinajstić information content (AvgIpc) is 2.62. The van der Waals surface area contributed by atoms with Gasteiger partial charge in [0, 0.05) is 12.1 Å². The van der Waals surface area contributed by atoms with E-state index in [1.165, 1.54) is 58.5 Å². The van der Waals surface area contributed by atoms with E-state index in [0.717, 1.165) is 12.8 Å². The smallest absolute Gasteiger partial charge is 0.337 e. The van der Waals surface area contributed by atoms with Crippen LogP contribution in [0.1, 0.15) is 87.9 Å². The van der Waals surface area contributed by atoms with Gasteiger partial charge in [-0.05, 0) is 24.6 Å². The van der Waals surface area contributed by atoms with Gasteiger partial charge in [0.1, 0.15) is 0 Å². The number of esters is 1. The van der Waals surface area contributed by atoms with Gasteiger partial charge in [-0.2, -0.15) is 0 Å². The van der Waals surface area contributed by atoms with Crippen LogP contribution < -0.4 is 5.32 Å². The molecule has 140 valence electrons. The molecule has 4 heteroatoms. The van der Waals surface area contributed by atoms with Crippen LogP contribution >= 0.6 is 0 Å². The summed E-state index contributed by atoms with van der Waals surface area (Å²) in [4.78, 5) is 23.5. The van der Waals surface area contributed by atoms with Crippen LogP contribution in [0, 0.1) is 0 Å². The molecule has 0 aromatic heterocycles. The summed E-state index contributed by atoms with van der Waals surface area (Å²) in [5.41, 5.74) is 1.08. The first kappa shape index (κ1) is 21.2. The first-order valence-corrected chi connectivity index (χ1v) is 9.65. The Morgan fingerprint density at radius 3 is 2.12 bits per heavy atom. The second-order valence-electron chi connectivity index (χ2n) is 6.55. The fraction of sp³-hybridized carbons (Fsp3) is 0.619. The normalized spacial score (nSPS) is 10.5. The lowest BCUT2D eigenvalue weighted by molar-refractivity contribution is -0.116. The fourth-order valence-electron chi connectivity index (χ4n) is 2.84. The Kier molecular flexibility index (Phi) is 11.4. The third kappa shape index (κ3) is 9.90. The van der Waals surface area contributed by atoms with Gasteiger partial charge < -0.3 is 10.1 Å². The van der Waals surface area contributed by atoms with Crippen LogP contribution in [-0.4, -0.2) is 19.0 Å². The van der Waals surface area contributed by atoms with E-state index >= 15 is 0 Å². The molecule has 0 radical (unpaired) electrons. The summed E-state index contributed by atoms with van der Waals surface area (Å²) < 4.78 is 4.68. The molecular formula is C21H33NO3. The van der Waals surface area contributed by atoms with Crippen molar-refractivity contribution in [2.45, 2.75) is 77.6 Å². The molecule has 0 bridgehead atoms. The maximum Gasteiger partial charge on any atom is 0.337 e. The van der Waals surface area contributed by atoms with Gasteiger partial charge >= 0.3 is 5.97 Å². The monoisotopic (exact) mass is 347 g/mol. The number of benzene rings is 1. The Hall–Kier alpha value is -1.84. The molecule has 0 aliphatic rings. The molecule has 0 saturated carbocycles.